The Morgan fingerprint density at radius 1 is 1.28 bits per heavy atom. The minimum atomic E-state index is -0.223. The number of allylic oxidation sites excluding steroid dienone is 1. The third-order valence-corrected chi connectivity index (χ3v) is 5.85. The third kappa shape index (κ3) is 3.78. The van der Waals surface area contributed by atoms with Gasteiger partial charge in [0.1, 0.15) is 0 Å². The molecule has 1 atom stereocenters. The minimum Gasteiger partial charge on any atom is -0.324 e. The number of anilines is 2. The Hall–Kier alpha value is -3.06. The zero-order valence-corrected chi connectivity index (χ0v) is 17.0. The van der Waals surface area contributed by atoms with Crippen LogP contribution in [-0.2, 0) is 16.1 Å². The Balaban J connectivity index is 1.60. The van der Waals surface area contributed by atoms with Crippen LogP contribution in [-0.4, -0.2) is 33.2 Å². The largest absolute Gasteiger partial charge is 0.324 e. The van der Waals surface area contributed by atoms with E-state index in [0.717, 1.165) is 21.9 Å². The highest BCUT2D eigenvalue weighted by Gasteiger charge is 2.29. The molecule has 1 aromatic heterocycles. The molecule has 1 N–H and O–H groups in total. The molecule has 3 aromatic rings. The molecule has 7 heteroatoms. The summed E-state index contributed by atoms with van der Waals surface area (Å²) in [4.78, 5) is 31.7. The first kappa shape index (κ1) is 19.3. The van der Waals surface area contributed by atoms with E-state index in [1.165, 1.54) is 11.8 Å². The predicted molar refractivity (Wildman–Crippen MR) is 117 cm³/mol. The van der Waals surface area contributed by atoms with Crippen LogP contribution in [0.3, 0.4) is 0 Å². The van der Waals surface area contributed by atoms with E-state index < -0.39 is 0 Å². The summed E-state index contributed by atoms with van der Waals surface area (Å²) in [6, 6.07) is 15.1. The maximum atomic E-state index is 13.2. The maximum absolute atomic E-state index is 13.2. The summed E-state index contributed by atoms with van der Waals surface area (Å²) in [6.45, 7) is 6.36. The summed E-state index contributed by atoms with van der Waals surface area (Å²) in [5, 5.41) is 3.67. The average Bonchev–Trinajstić information content (AvgIpc) is 2.99. The Labute approximate surface area is 173 Å². The number of rotatable bonds is 5. The number of aromatic nitrogens is 2. The average molecular weight is 407 g/mol. The van der Waals surface area contributed by atoms with Crippen LogP contribution in [0, 0.1) is 0 Å². The number of amides is 2. The summed E-state index contributed by atoms with van der Waals surface area (Å²) in [6.07, 6.45) is 2.09. The maximum Gasteiger partial charge on any atom is 0.237 e. The minimum absolute atomic E-state index is 0.0522. The fourth-order valence-corrected chi connectivity index (χ4v) is 4.52. The zero-order chi connectivity index (χ0) is 20.4. The summed E-state index contributed by atoms with van der Waals surface area (Å²) in [5.74, 6) is 0.0946. The lowest BCUT2D eigenvalue weighted by atomic mass is 10.2. The summed E-state index contributed by atoms with van der Waals surface area (Å²) < 4.78 is 2.06. The Kier molecular flexibility index (Phi) is 5.40. The summed E-state index contributed by atoms with van der Waals surface area (Å²) in [5.41, 5.74) is 3.31. The Morgan fingerprint density at radius 2 is 2.03 bits per heavy atom. The van der Waals surface area contributed by atoms with Gasteiger partial charge < -0.3 is 14.8 Å². The van der Waals surface area contributed by atoms with Crippen molar-refractivity contribution in [2.45, 2.75) is 31.1 Å². The van der Waals surface area contributed by atoms with E-state index in [1.807, 2.05) is 61.5 Å². The molecular formula is C22H22N4O2S. The first-order chi connectivity index (χ1) is 14.1. The molecule has 0 saturated heterocycles. The fourth-order valence-electron chi connectivity index (χ4n) is 3.63. The molecule has 1 aliphatic heterocycles. The number of nitrogens with one attached hydrogen (secondary N) is 1. The molecule has 0 unspecified atom stereocenters. The van der Waals surface area contributed by atoms with E-state index >= 15 is 0 Å². The Morgan fingerprint density at radius 3 is 2.86 bits per heavy atom. The number of para-hydroxylation sites is 4. The van der Waals surface area contributed by atoms with Crippen molar-refractivity contribution in [1.82, 2.24) is 9.55 Å². The first-order valence-corrected chi connectivity index (χ1v) is 10.5. The van der Waals surface area contributed by atoms with Gasteiger partial charge in [0.15, 0.2) is 5.16 Å². The summed E-state index contributed by atoms with van der Waals surface area (Å²) >= 11 is 1.41. The molecule has 4 rings (SSSR count). The first-order valence-electron chi connectivity index (χ1n) is 9.48. The highest BCUT2D eigenvalue weighted by atomic mass is 32.2. The number of nitrogens with zero attached hydrogens (tertiary/aromatic N) is 3. The van der Waals surface area contributed by atoms with Crippen molar-refractivity contribution in [3.8, 4) is 0 Å². The van der Waals surface area contributed by atoms with E-state index in [9.17, 15) is 9.59 Å². The number of carbonyl (C=O) groups is 2. The van der Waals surface area contributed by atoms with Crippen LogP contribution in [0.2, 0.25) is 0 Å². The Bertz CT molecular complexity index is 1090. The van der Waals surface area contributed by atoms with Gasteiger partial charge in [0.25, 0.3) is 0 Å². The molecule has 148 valence electrons. The smallest absolute Gasteiger partial charge is 0.237 e. The molecule has 0 fully saturated rings. The van der Waals surface area contributed by atoms with Crippen molar-refractivity contribution in [2.24, 2.45) is 0 Å². The number of carbonyl (C=O) groups excluding carboxylic acids is 2. The van der Waals surface area contributed by atoms with Crippen molar-refractivity contribution in [2.75, 3.05) is 16.0 Å². The number of hydrogen-bond donors (Lipinski definition) is 1. The molecule has 2 aromatic carbocycles. The van der Waals surface area contributed by atoms with Crippen LogP contribution >= 0.6 is 11.8 Å². The van der Waals surface area contributed by atoms with Gasteiger partial charge in [0.05, 0.1) is 28.2 Å². The monoisotopic (exact) mass is 406 g/mol. The number of hydrogen-bond acceptors (Lipinski definition) is 4. The van der Waals surface area contributed by atoms with Crippen LogP contribution in [0.1, 0.15) is 13.3 Å². The summed E-state index contributed by atoms with van der Waals surface area (Å²) in [7, 11) is 0. The van der Waals surface area contributed by atoms with Crippen molar-refractivity contribution in [1.29, 1.82) is 0 Å². The SMILES string of the molecule is C=CCn1c(SCC(=O)N2c3ccccc3NC(=O)C[C@H]2C)nc2ccccc21. The van der Waals surface area contributed by atoms with Gasteiger partial charge in [-0.15, -0.1) is 6.58 Å². The second-order valence-electron chi connectivity index (χ2n) is 6.95. The normalized spacial score (nSPS) is 16.2. The number of thioether (sulfide) groups is 1. The lowest BCUT2D eigenvalue weighted by Gasteiger charge is -2.27. The number of fused-ring (bicyclic) bond motifs is 2. The molecule has 2 amide bonds. The van der Waals surface area contributed by atoms with Gasteiger partial charge in [-0.3, -0.25) is 9.59 Å². The van der Waals surface area contributed by atoms with Crippen molar-refractivity contribution < 1.29 is 9.59 Å². The van der Waals surface area contributed by atoms with E-state index in [0.29, 0.717) is 12.2 Å². The van der Waals surface area contributed by atoms with Gasteiger partial charge in [-0.1, -0.05) is 42.1 Å². The second kappa shape index (κ2) is 8.13. The van der Waals surface area contributed by atoms with Gasteiger partial charge in [0.2, 0.25) is 11.8 Å². The lowest BCUT2D eigenvalue weighted by Crippen LogP contribution is -2.40. The quantitative estimate of drug-likeness (QED) is 0.512. The van der Waals surface area contributed by atoms with E-state index in [2.05, 4.69) is 21.4 Å². The lowest BCUT2D eigenvalue weighted by molar-refractivity contribution is -0.117. The van der Waals surface area contributed by atoms with Crippen molar-refractivity contribution in [3.05, 3.63) is 61.2 Å². The molecule has 0 spiro atoms. The number of benzene rings is 2. The van der Waals surface area contributed by atoms with E-state index in [4.69, 9.17) is 0 Å². The van der Waals surface area contributed by atoms with E-state index in [1.54, 1.807) is 4.90 Å². The second-order valence-corrected chi connectivity index (χ2v) is 7.90. The molecular weight excluding hydrogens is 384 g/mol. The molecule has 0 bridgehead atoms. The van der Waals surface area contributed by atoms with Crippen LogP contribution < -0.4 is 10.2 Å². The molecule has 2 heterocycles. The van der Waals surface area contributed by atoms with Gasteiger partial charge >= 0.3 is 0 Å². The van der Waals surface area contributed by atoms with Crippen LogP contribution in [0.4, 0.5) is 11.4 Å². The van der Waals surface area contributed by atoms with Gasteiger partial charge in [-0.05, 0) is 31.2 Å². The molecule has 0 aliphatic carbocycles. The zero-order valence-electron chi connectivity index (χ0n) is 16.2. The van der Waals surface area contributed by atoms with Crippen molar-refractivity contribution >= 4 is 46.0 Å². The highest BCUT2D eigenvalue weighted by Crippen LogP contribution is 2.32. The predicted octanol–water partition coefficient (Wildman–Crippen LogP) is 4.08. The van der Waals surface area contributed by atoms with Gasteiger partial charge in [-0.2, -0.15) is 0 Å². The fraction of sp³-hybridized carbons (Fsp3) is 0.227. The molecule has 6 nitrogen and oxygen atoms in total. The third-order valence-electron chi connectivity index (χ3n) is 4.88. The molecule has 0 saturated carbocycles. The molecule has 0 radical (unpaired) electrons. The molecule has 29 heavy (non-hydrogen) atoms. The molecule has 1 aliphatic rings. The van der Waals surface area contributed by atoms with Crippen LogP contribution in [0.5, 0.6) is 0 Å². The van der Waals surface area contributed by atoms with E-state index in [-0.39, 0.29) is 30.0 Å². The standard InChI is InChI=1S/C22H22N4O2S/c1-3-12-25-18-10-6-4-8-16(18)24-22(25)29-14-21(28)26-15(2)13-20(27)23-17-9-5-7-11-19(17)26/h3-11,15H,1,12-14H2,2H3,(H,23,27)/t15-/m1/s1. The van der Waals surface area contributed by atoms with Gasteiger partial charge in [-0.25, -0.2) is 4.98 Å². The van der Waals surface area contributed by atoms with Crippen molar-refractivity contribution in [3.63, 3.8) is 0 Å². The topological polar surface area (TPSA) is 67.2 Å². The number of imidazole rings is 1. The van der Waals surface area contributed by atoms with Crippen LogP contribution in [0.15, 0.2) is 66.3 Å². The van der Waals surface area contributed by atoms with Gasteiger partial charge in [0, 0.05) is 19.0 Å². The van der Waals surface area contributed by atoms with Crippen LogP contribution in [0.25, 0.3) is 11.0 Å². The highest BCUT2D eigenvalue weighted by molar-refractivity contribution is 7.99.